The van der Waals surface area contributed by atoms with Crippen molar-refractivity contribution in [2.24, 2.45) is 5.92 Å². The third-order valence-electron chi connectivity index (χ3n) is 3.13. The van der Waals surface area contributed by atoms with Gasteiger partial charge >= 0.3 is 5.97 Å². The van der Waals surface area contributed by atoms with Crippen LogP contribution in [0.15, 0.2) is 0 Å². The lowest BCUT2D eigenvalue weighted by Gasteiger charge is -2.46. The molecule has 0 saturated carbocycles. The predicted molar refractivity (Wildman–Crippen MR) is 70.4 cm³/mol. The molecule has 2 atom stereocenters. The van der Waals surface area contributed by atoms with Gasteiger partial charge in [0.25, 0.3) is 0 Å². The Kier molecular flexibility index (Phi) is 4.91. The lowest BCUT2D eigenvalue weighted by atomic mass is 9.81. The summed E-state index contributed by atoms with van der Waals surface area (Å²) in [6.07, 6.45) is 0.629. The maximum Gasteiger partial charge on any atom is 0.310 e. The highest BCUT2D eigenvalue weighted by Gasteiger charge is 2.50. The van der Waals surface area contributed by atoms with E-state index < -0.39 is 16.5 Å². The van der Waals surface area contributed by atoms with Crippen molar-refractivity contribution in [3.05, 3.63) is 0 Å². The van der Waals surface area contributed by atoms with Crippen LogP contribution in [0.25, 0.3) is 0 Å². The highest BCUT2D eigenvalue weighted by Crippen LogP contribution is 2.31. The van der Waals surface area contributed by atoms with Crippen molar-refractivity contribution in [1.82, 2.24) is 4.72 Å². The Morgan fingerprint density at radius 3 is 2.33 bits per heavy atom. The predicted octanol–water partition coefficient (Wildman–Crippen LogP) is 1.01. The van der Waals surface area contributed by atoms with Crippen LogP contribution in [-0.4, -0.2) is 40.8 Å². The molecular formula is C12H23NO4S. The first-order chi connectivity index (χ1) is 8.27. The monoisotopic (exact) mass is 277 g/mol. The molecule has 0 unspecified atom stereocenters. The number of carbonyl (C=O) groups is 1. The summed E-state index contributed by atoms with van der Waals surface area (Å²) >= 11 is 0. The van der Waals surface area contributed by atoms with E-state index in [0.717, 1.165) is 0 Å². The number of carbonyl (C=O) groups excluding carboxylic acids is 1. The molecule has 0 aromatic carbocycles. The summed E-state index contributed by atoms with van der Waals surface area (Å²) in [5.74, 6) is -0.609. The zero-order chi connectivity index (χ0) is 14.0. The van der Waals surface area contributed by atoms with Crippen LogP contribution in [0.1, 0.15) is 34.1 Å². The molecule has 0 aromatic rings. The number of hydrogen-bond donors (Lipinski definition) is 1. The lowest BCUT2D eigenvalue weighted by molar-refractivity contribution is -0.160. The number of esters is 1. The van der Waals surface area contributed by atoms with Crippen molar-refractivity contribution in [3.8, 4) is 0 Å². The smallest absolute Gasteiger partial charge is 0.310 e. The summed E-state index contributed by atoms with van der Waals surface area (Å²) in [6, 6.07) is 0. The number of hydrogen-bond acceptors (Lipinski definition) is 4. The van der Waals surface area contributed by atoms with Crippen molar-refractivity contribution < 1.29 is 18.5 Å². The van der Waals surface area contributed by atoms with Crippen molar-refractivity contribution in [3.63, 3.8) is 0 Å². The van der Waals surface area contributed by atoms with Crippen molar-refractivity contribution >= 4 is 17.0 Å². The number of ether oxygens (including phenoxy) is 2. The van der Waals surface area contributed by atoms with Gasteiger partial charge in [0.15, 0.2) is 0 Å². The van der Waals surface area contributed by atoms with Gasteiger partial charge in [-0.1, -0.05) is 6.92 Å². The summed E-state index contributed by atoms with van der Waals surface area (Å²) in [7, 11) is 0.140. The largest absolute Gasteiger partial charge is 0.469 e. The fourth-order valence-corrected chi connectivity index (χ4v) is 2.85. The second kappa shape index (κ2) is 5.67. The van der Waals surface area contributed by atoms with Gasteiger partial charge in [0.05, 0.1) is 47.5 Å². The maximum atomic E-state index is 12.2. The lowest BCUT2D eigenvalue weighted by Crippen LogP contribution is -2.68. The minimum Gasteiger partial charge on any atom is -0.469 e. The molecule has 0 amide bonds. The standard InChI is InChI=1S/C12H23NO4S/c1-6-9(10(14)16-5)12(7-17-8-12)13-18(15)11(2,3)4/h9,13H,6-8H2,1-5H3/t9-,18-/m0/s1. The van der Waals surface area contributed by atoms with E-state index in [1.54, 1.807) is 0 Å². The third kappa shape index (κ3) is 3.10. The Morgan fingerprint density at radius 2 is 2.06 bits per heavy atom. The molecular weight excluding hydrogens is 254 g/mol. The average molecular weight is 277 g/mol. The molecule has 1 rings (SSSR count). The maximum absolute atomic E-state index is 12.2. The molecule has 0 radical (unpaired) electrons. The number of methoxy groups -OCH3 is 1. The summed E-state index contributed by atoms with van der Waals surface area (Å²) in [4.78, 5) is 11.8. The first kappa shape index (κ1) is 15.6. The molecule has 1 saturated heterocycles. The van der Waals surface area contributed by atoms with E-state index in [2.05, 4.69) is 4.72 Å². The van der Waals surface area contributed by atoms with Crippen molar-refractivity contribution in [2.45, 2.75) is 44.4 Å². The zero-order valence-corrected chi connectivity index (χ0v) is 12.6. The summed E-state index contributed by atoms with van der Waals surface area (Å²) in [5.41, 5.74) is -0.556. The molecule has 5 nitrogen and oxygen atoms in total. The first-order valence-corrected chi connectivity index (χ1v) is 7.27. The topological polar surface area (TPSA) is 64.6 Å². The number of rotatable bonds is 5. The van der Waals surface area contributed by atoms with E-state index in [9.17, 15) is 9.00 Å². The van der Waals surface area contributed by atoms with Crippen molar-refractivity contribution in [1.29, 1.82) is 0 Å². The average Bonchev–Trinajstić information content (AvgIpc) is 2.24. The third-order valence-corrected chi connectivity index (χ3v) is 4.84. The molecule has 1 aliphatic rings. The van der Waals surface area contributed by atoms with E-state index in [-0.39, 0.29) is 16.6 Å². The molecule has 1 heterocycles. The van der Waals surface area contributed by atoms with E-state index in [0.29, 0.717) is 19.6 Å². The van der Waals surface area contributed by atoms with Gasteiger partial charge in [0.2, 0.25) is 0 Å². The summed E-state index contributed by atoms with van der Waals surface area (Å²) < 4.78 is 24.9. The van der Waals surface area contributed by atoms with Crippen LogP contribution in [-0.2, 0) is 25.3 Å². The second-order valence-corrected chi connectivity index (χ2v) is 7.58. The van der Waals surface area contributed by atoms with Gasteiger partial charge in [-0.05, 0) is 27.2 Å². The Labute approximate surface area is 111 Å². The van der Waals surface area contributed by atoms with Gasteiger partial charge in [0.1, 0.15) is 0 Å². The fraction of sp³-hybridized carbons (Fsp3) is 0.917. The van der Waals surface area contributed by atoms with E-state index in [4.69, 9.17) is 9.47 Å². The molecule has 1 aliphatic heterocycles. The molecule has 18 heavy (non-hydrogen) atoms. The van der Waals surface area contributed by atoms with Crippen LogP contribution in [0.2, 0.25) is 0 Å². The molecule has 106 valence electrons. The SMILES string of the molecule is CC[C@@H](C(=O)OC)C1(N[S@@](=O)C(C)(C)C)COC1. The Bertz CT molecular complexity index is 333. The normalized spacial score (nSPS) is 21.8. The molecule has 1 N–H and O–H groups in total. The molecule has 0 spiro atoms. The van der Waals surface area contributed by atoms with E-state index in [1.807, 2.05) is 27.7 Å². The fourth-order valence-electron chi connectivity index (χ4n) is 1.92. The quantitative estimate of drug-likeness (QED) is 0.762. The summed E-state index contributed by atoms with van der Waals surface area (Å²) in [6.45, 7) is 8.38. The van der Waals surface area contributed by atoms with Crippen LogP contribution in [0.5, 0.6) is 0 Å². The molecule has 0 aromatic heterocycles. The Morgan fingerprint density at radius 1 is 1.50 bits per heavy atom. The first-order valence-electron chi connectivity index (χ1n) is 6.12. The van der Waals surface area contributed by atoms with E-state index in [1.165, 1.54) is 7.11 Å². The van der Waals surface area contributed by atoms with Gasteiger partial charge in [-0.15, -0.1) is 0 Å². The number of nitrogens with one attached hydrogen (secondary N) is 1. The van der Waals surface area contributed by atoms with Gasteiger partial charge in [-0.2, -0.15) is 0 Å². The van der Waals surface area contributed by atoms with Crippen LogP contribution in [0.3, 0.4) is 0 Å². The van der Waals surface area contributed by atoms with Gasteiger partial charge in [0, 0.05) is 0 Å². The minimum atomic E-state index is -1.23. The van der Waals surface area contributed by atoms with Crippen LogP contribution in [0.4, 0.5) is 0 Å². The molecule has 6 heteroatoms. The minimum absolute atomic E-state index is 0.279. The molecule has 0 bridgehead atoms. The van der Waals surface area contributed by atoms with Crippen LogP contribution in [0, 0.1) is 5.92 Å². The molecule has 0 aliphatic carbocycles. The van der Waals surface area contributed by atoms with Gasteiger partial charge < -0.3 is 9.47 Å². The highest BCUT2D eigenvalue weighted by molar-refractivity contribution is 7.84. The highest BCUT2D eigenvalue weighted by atomic mass is 32.2. The second-order valence-electron chi connectivity index (χ2n) is 5.62. The van der Waals surface area contributed by atoms with Crippen molar-refractivity contribution in [2.75, 3.05) is 20.3 Å². The Balaban J connectivity index is 2.85. The van der Waals surface area contributed by atoms with Crippen LogP contribution >= 0.6 is 0 Å². The van der Waals surface area contributed by atoms with Crippen LogP contribution < -0.4 is 4.72 Å². The van der Waals surface area contributed by atoms with E-state index >= 15 is 0 Å². The molecule has 1 fully saturated rings. The van der Waals surface area contributed by atoms with Gasteiger partial charge in [-0.3, -0.25) is 4.79 Å². The van der Waals surface area contributed by atoms with Gasteiger partial charge in [-0.25, -0.2) is 8.93 Å². The Hall–Kier alpha value is -0.460. The zero-order valence-electron chi connectivity index (χ0n) is 11.7. The summed E-state index contributed by atoms with van der Waals surface area (Å²) in [5, 5.41) is 0.